The van der Waals surface area contributed by atoms with E-state index in [1.165, 1.54) is 12.8 Å². The molecule has 1 aromatic carbocycles. The van der Waals surface area contributed by atoms with E-state index in [1.807, 2.05) is 12.1 Å². The molecule has 1 unspecified atom stereocenters. The van der Waals surface area contributed by atoms with Crippen LogP contribution in [0.15, 0.2) is 24.3 Å². The van der Waals surface area contributed by atoms with Crippen LogP contribution in [0.4, 0.5) is 5.69 Å². The van der Waals surface area contributed by atoms with Crippen molar-refractivity contribution in [1.29, 1.82) is 0 Å². The predicted molar refractivity (Wildman–Crippen MR) is 68.0 cm³/mol. The number of ether oxygens (including phenoxy) is 1. The summed E-state index contributed by atoms with van der Waals surface area (Å²) in [5.41, 5.74) is 6.30. The van der Waals surface area contributed by atoms with Gasteiger partial charge in [0, 0.05) is 12.2 Å². The van der Waals surface area contributed by atoms with E-state index >= 15 is 0 Å². The molecule has 0 aliphatic carbocycles. The van der Waals surface area contributed by atoms with Gasteiger partial charge in [0.2, 0.25) is 0 Å². The molecule has 4 heteroatoms. The van der Waals surface area contributed by atoms with Gasteiger partial charge in [-0.3, -0.25) is 0 Å². The van der Waals surface area contributed by atoms with Crippen LogP contribution in [0.1, 0.15) is 12.8 Å². The van der Waals surface area contributed by atoms with Crippen molar-refractivity contribution >= 4 is 5.69 Å². The lowest BCUT2D eigenvalue weighted by Gasteiger charge is -2.19. The van der Waals surface area contributed by atoms with E-state index in [2.05, 4.69) is 4.90 Å². The monoisotopic (exact) mass is 236 g/mol. The molecule has 0 aromatic heterocycles. The summed E-state index contributed by atoms with van der Waals surface area (Å²) in [5, 5.41) is 9.83. The molecular weight excluding hydrogens is 216 g/mol. The minimum atomic E-state index is -0.425. The summed E-state index contributed by atoms with van der Waals surface area (Å²) in [6, 6.07) is 7.22. The van der Waals surface area contributed by atoms with Crippen molar-refractivity contribution in [3.63, 3.8) is 0 Å². The van der Waals surface area contributed by atoms with E-state index in [4.69, 9.17) is 10.5 Å². The van der Waals surface area contributed by atoms with Gasteiger partial charge in [-0.05, 0) is 50.2 Å². The summed E-state index contributed by atoms with van der Waals surface area (Å²) in [4.78, 5) is 2.27. The standard InChI is InChI=1S/C13H20N2O2/c14-11-3-5-13(6-4-11)17-10-12(16)9-15-7-1-2-8-15/h3-6,12,16H,1-2,7-10,14H2. The number of nitrogen functional groups attached to an aromatic ring is 1. The van der Waals surface area contributed by atoms with Crippen molar-refractivity contribution in [1.82, 2.24) is 4.90 Å². The zero-order valence-corrected chi connectivity index (χ0v) is 10.0. The Labute approximate surface area is 102 Å². The molecule has 0 spiro atoms. The zero-order valence-electron chi connectivity index (χ0n) is 10.0. The van der Waals surface area contributed by atoms with Gasteiger partial charge < -0.3 is 20.5 Å². The summed E-state index contributed by atoms with van der Waals surface area (Å²) in [6.07, 6.45) is 2.06. The second kappa shape index (κ2) is 5.89. The van der Waals surface area contributed by atoms with Crippen molar-refractivity contribution in [3.8, 4) is 5.75 Å². The Morgan fingerprint density at radius 1 is 1.24 bits per heavy atom. The maximum Gasteiger partial charge on any atom is 0.119 e. The molecule has 17 heavy (non-hydrogen) atoms. The molecule has 1 aliphatic rings. The highest BCUT2D eigenvalue weighted by Gasteiger charge is 2.15. The third-order valence-corrected chi connectivity index (χ3v) is 2.99. The minimum absolute atomic E-state index is 0.334. The largest absolute Gasteiger partial charge is 0.491 e. The highest BCUT2D eigenvalue weighted by atomic mass is 16.5. The first-order chi connectivity index (χ1) is 8.24. The molecule has 1 heterocycles. The highest BCUT2D eigenvalue weighted by molar-refractivity contribution is 5.41. The molecule has 0 amide bonds. The Morgan fingerprint density at radius 3 is 2.53 bits per heavy atom. The Bertz CT molecular complexity index is 334. The van der Waals surface area contributed by atoms with E-state index in [9.17, 15) is 5.11 Å². The maximum atomic E-state index is 9.83. The molecule has 3 N–H and O–H groups in total. The van der Waals surface area contributed by atoms with Crippen LogP contribution in [-0.4, -0.2) is 42.4 Å². The second-order valence-corrected chi connectivity index (χ2v) is 4.54. The van der Waals surface area contributed by atoms with Crippen LogP contribution in [-0.2, 0) is 0 Å². The molecule has 1 aliphatic heterocycles. The molecule has 94 valence electrons. The van der Waals surface area contributed by atoms with Gasteiger partial charge in [0.25, 0.3) is 0 Å². The van der Waals surface area contributed by atoms with Gasteiger partial charge in [-0.25, -0.2) is 0 Å². The normalized spacial score (nSPS) is 18.2. The van der Waals surface area contributed by atoms with E-state index in [1.54, 1.807) is 12.1 Å². The number of anilines is 1. The van der Waals surface area contributed by atoms with Gasteiger partial charge in [-0.1, -0.05) is 0 Å². The predicted octanol–water partition coefficient (Wildman–Crippen LogP) is 1.10. The van der Waals surface area contributed by atoms with Gasteiger partial charge in [0.1, 0.15) is 18.5 Å². The molecule has 1 aromatic rings. The summed E-state index contributed by atoms with van der Waals surface area (Å²) in [6.45, 7) is 3.23. The van der Waals surface area contributed by atoms with Crippen LogP contribution < -0.4 is 10.5 Å². The Morgan fingerprint density at radius 2 is 1.88 bits per heavy atom. The first-order valence-electron chi connectivity index (χ1n) is 6.13. The molecule has 1 saturated heterocycles. The second-order valence-electron chi connectivity index (χ2n) is 4.54. The number of likely N-dealkylation sites (tertiary alicyclic amines) is 1. The van der Waals surface area contributed by atoms with Gasteiger partial charge in [-0.2, -0.15) is 0 Å². The first-order valence-corrected chi connectivity index (χ1v) is 6.13. The fraction of sp³-hybridized carbons (Fsp3) is 0.538. The number of aliphatic hydroxyl groups is 1. The van der Waals surface area contributed by atoms with Gasteiger partial charge in [-0.15, -0.1) is 0 Å². The van der Waals surface area contributed by atoms with Gasteiger partial charge >= 0.3 is 0 Å². The summed E-state index contributed by atoms with van der Waals surface area (Å²) in [7, 11) is 0. The lowest BCUT2D eigenvalue weighted by atomic mass is 10.3. The molecule has 0 saturated carbocycles. The molecule has 1 atom stereocenters. The van der Waals surface area contributed by atoms with Crippen LogP contribution >= 0.6 is 0 Å². The topological polar surface area (TPSA) is 58.7 Å². The van der Waals surface area contributed by atoms with E-state index < -0.39 is 6.10 Å². The molecule has 4 nitrogen and oxygen atoms in total. The summed E-state index contributed by atoms with van der Waals surface area (Å²) in [5.74, 6) is 0.750. The van der Waals surface area contributed by atoms with Crippen molar-refractivity contribution < 1.29 is 9.84 Å². The van der Waals surface area contributed by atoms with Crippen LogP contribution in [0.25, 0.3) is 0 Å². The fourth-order valence-corrected chi connectivity index (χ4v) is 2.07. The highest BCUT2D eigenvalue weighted by Crippen LogP contribution is 2.14. The number of nitrogens with zero attached hydrogens (tertiary/aromatic N) is 1. The molecule has 2 rings (SSSR count). The SMILES string of the molecule is Nc1ccc(OCC(O)CN2CCCC2)cc1. The van der Waals surface area contributed by atoms with Crippen LogP contribution in [0.5, 0.6) is 5.75 Å². The molecule has 0 radical (unpaired) electrons. The lowest BCUT2D eigenvalue weighted by Crippen LogP contribution is -2.33. The lowest BCUT2D eigenvalue weighted by molar-refractivity contribution is 0.0758. The van der Waals surface area contributed by atoms with Gasteiger partial charge in [0.05, 0.1) is 0 Å². The average molecular weight is 236 g/mol. The van der Waals surface area contributed by atoms with Crippen molar-refractivity contribution in [2.75, 3.05) is 32.0 Å². The molecule has 1 fully saturated rings. The fourth-order valence-electron chi connectivity index (χ4n) is 2.07. The third-order valence-electron chi connectivity index (χ3n) is 2.99. The smallest absolute Gasteiger partial charge is 0.119 e. The van der Waals surface area contributed by atoms with Crippen molar-refractivity contribution in [3.05, 3.63) is 24.3 Å². The number of aliphatic hydroxyl groups excluding tert-OH is 1. The Hall–Kier alpha value is -1.26. The Kier molecular flexibility index (Phi) is 4.23. The van der Waals surface area contributed by atoms with Crippen LogP contribution in [0.2, 0.25) is 0 Å². The van der Waals surface area contributed by atoms with E-state index in [0.29, 0.717) is 13.2 Å². The van der Waals surface area contributed by atoms with Crippen LogP contribution in [0, 0.1) is 0 Å². The number of hydrogen-bond acceptors (Lipinski definition) is 4. The number of benzene rings is 1. The third kappa shape index (κ3) is 3.91. The van der Waals surface area contributed by atoms with E-state index in [0.717, 1.165) is 24.5 Å². The van der Waals surface area contributed by atoms with E-state index in [-0.39, 0.29) is 0 Å². The number of hydrogen-bond donors (Lipinski definition) is 2. The zero-order chi connectivity index (χ0) is 12.1. The Balaban J connectivity index is 1.71. The van der Waals surface area contributed by atoms with Crippen molar-refractivity contribution in [2.45, 2.75) is 18.9 Å². The summed E-state index contributed by atoms with van der Waals surface area (Å²) >= 11 is 0. The first kappa shape index (κ1) is 12.2. The van der Waals surface area contributed by atoms with Gasteiger partial charge in [0.15, 0.2) is 0 Å². The average Bonchev–Trinajstić information content (AvgIpc) is 2.81. The molecular formula is C13H20N2O2. The number of nitrogens with two attached hydrogens (primary N) is 1. The quantitative estimate of drug-likeness (QED) is 0.752. The number of β-amino-alcohol motifs (C(OH)–C–C–N with tert-alkyl or cyclic N) is 1. The molecule has 0 bridgehead atoms. The maximum absolute atomic E-state index is 9.83. The van der Waals surface area contributed by atoms with Crippen molar-refractivity contribution in [2.24, 2.45) is 0 Å². The number of rotatable bonds is 5. The minimum Gasteiger partial charge on any atom is -0.491 e. The summed E-state index contributed by atoms with van der Waals surface area (Å²) < 4.78 is 5.50. The van der Waals surface area contributed by atoms with Crippen LogP contribution in [0.3, 0.4) is 0 Å².